The van der Waals surface area contributed by atoms with Gasteiger partial charge in [-0.05, 0) is 42.5 Å². The molecule has 1 heterocycles. The van der Waals surface area contributed by atoms with Crippen molar-refractivity contribution in [2.45, 2.75) is 11.0 Å². The Kier molecular flexibility index (Phi) is 5.24. The molecule has 30 heavy (non-hydrogen) atoms. The van der Waals surface area contributed by atoms with E-state index in [1.807, 2.05) is 0 Å². The zero-order valence-corrected chi connectivity index (χ0v) is 17.3. The van der Waals surface area contributed by atoms with Crippen LogP contribution in [-0.2, 0) is 10.0 Å². The molecule has 1 aromatic heterocycles. The molecule has 0 spiro atoms. The molecule has 1 unspecified atom stereocenters. The van der Waals surface area contributed by atoms with E-state index < -0.39 is 16.1 Å². The molecule has 0 bridgehead atoms. The standard InChI is InChI=1S/C23H21NO5S/c1-28-17-12-13-20-16(14-17)15-21(23(25)19-10-6-7-11-22(19)29-2)24(20)30(26,27)18-8-4-3-5-9-18/h3-15,23,25H,1-2H3. The first-order valence-electron chi connectivity index (χ1n) is 9.28. The van der Waals surface area contributed by atoms with Crippen LogP contribution in [-0.4, -0.2) is 31.7 Å². The summed E-state index contributed by atoms with van der Waals surface area (Å²) in [6.45, 7) is 0. The van der Waals surface area contributed by atoms with Crippen LogP contribution in [0.2, 0.25) is 0 Å². The summed E-state index contributed by atoms with van der Waals surface area (Å²) >= 11 is 0. The predicted molar refractivity (Wildman–Crippen MR) is 115 cm³/mol. The van der Waals surface area contributed by atoms with E-state index >= 15 is 0 Å². The van der Waals surface area contributed by atoms with Crippen molar-refractivity contribution in [2.24, 2.45) is 0 Å². The molecule has 7 heteroatoms. The lowest BCUT2D eigenvalue weighted by atomic mass is 10.1. The quantitative estimate of drug-likeness (QED) is 0.508. The fraction of sp³-hybridized carbons (Fsp3) is 0.130. The minimum atomic E-state index is -3.97. The number of benzene rings is 3. The van der Waals surface area contributed by atoms with Crippen molar-refractivity contribution in [1.29, 1.82) is 0 Å². The Morgan fingerprint density at radius 1 is 0.867 bits per heavy atom. The Bertz CT molecular complexity index is 1300. The van der Waals surface area contributed by atoms with E-state index in [-0.39, 0.29) is 10.6 Å². The van der Waals surface area contributed by atoms with E-state index in [9.17, 15) is 13.5 Å². The molecule has 0 aliphatic heterocycles. The molecule has 0 radical (unpaired) electrons. The zero-order chi connectivity index (χ0) is 21.3. The van der Waals surface area contributed by atoms with Gasteiger partial charge in [-0.1, -0.05) is 36.4 Å². The van der Waals surface area contributed by atoms with Crippen molar-refractivity contribution in [1.82, 2.24) is 3.97 Å². The number of hydrogen-bond donors (Lipinski definition) is 1. The molecule has 4 rings (SSSR count). The topological polar surface area (TPSA) is 77.8 Å². The Balaban J connectivity index is 2.01. The van der Waals surface area contributed by atoms with Crippen LogP contribution in [0.3, 0.4) is 0 Å². The van der Waals surface area contributed by atoms with E-state index in [1.54, 1.807) is 73.8 Å². The van der Waals surface area contributed by atoms with Gasteiger partial charge in [-0.2, -0.15) is 0 Å². The van der Waals surface area contributed by atoms with Gasteiger partial charge in [0, 0.05) is 10.9 Å². The number of aliphatic hydroxyl groups excluding tert-OH is 1. The van der Waals surface area contributed by atoms with E-state index in [0.717, 1.165) is 0 Å². The second kappa shape index (κ2) is 7.85. The molecule has 6 nitrogen and oxygen atoms in total. The lowest BCUT2D eigenvalue weighted by Crippen LogP contribution is -2.18. The van der Waals surface area contributed by atoms with Gasteiger partial charge >= 0.3 is 0 Å². The average Bonchev–Trinajstić information content (AvgIpc) is 3.18. The van der Waals surface area contributed by atoms with Crippen LogP contribution >= 0.6 is 0 Å². The third-order valence-corrected chi connectivity index (χ3v) is 6.74. The maximum Gasteiger partial charge on any atom is 0.268 e. The highest BCUT2D eigenvalue weighted by Gasteiger charge is 2.28. The highest BCUT2D eigenvalue weighted by atomic mass is 32.2. The Morgan fingerprint density at radius 3 is 2.27 bits per heavy atom. The lowest BCUT2D eigenvalue weighted by molar-refractivity contribution is 0.209. The highest BCUT2D eigenvalue weighted by molar-refractivity contribution is 7.90. The third kappa shape index (κ3) is 3.32. The molecular formula is C23H21NO5S. The van der Waals surface area contributed by atoms with Crippen LogP contribution in [0.4, 0.5) is 0 Å². The zero-order valence-electron chi connectivity index (χ0n) is 16.5. The summed E-state index contributed by atoms with van der Waals surface area (Å²) in [5, 5.41) is 11.9. The lowest BCUT2D eigenvalue weighted by Gasteiger charge is -2.18. The number of rotatable bonds is 6. The molecule has 1 N–H and O–H groups in total. The van der Waals surface area contributed by atoms with Crippen molar-refractivity contribution in [3.05, 3.63) is 90.1 Å². The van der Waals surface area contributed by atoms with E-state index in [1.165, 1.54) is 23.2 Å². The van der Waals surface area contributed by atoms with Crippen LogP contribution in [0.1, 0.15) is 17.4 Å². The minimum Gasteiger partial charge on any atom is -0.497 e. The SMILES string of the molecule is COc1ccc2c(c1)cc(C(O)c1ccccc1OC)n2S(=O)(=O)c1ccccc1. The predicted octanol–water partition coefficient (Wildman–Crippen LogP) is 3.98. The molecule has 154 valence electrons. The number of ether oxygens (including phenoxy) is 2. The van der Waals surface area contributed by atoms with Gasteiger partial charge in [-0.3, -0.25) is 0 Å². The first kappa shape index (κ1) is 20.0. The molecule has 0 saturated carbocycles. The van der Waals surface area contributed by atoms with Crippen molar-refractivity contribution in [3.8, 4) is 11.5 Å². The Labute approximate surface area is 175 Å². The largest absolute Gasteiger partial charge is 0.497 e. The normalized spacial score (nSPS) is 12.6. The molecule has 0 amide bonds. The molecular weight excluding hydrogens is 402 g/mol. The van der Waals surface area contributed by atoms with E-state index in [0.29, 0.717) is 28.0 Å². The van der Waals surface area contributed by atoms with Crippen molar-refractivity contribution in [2.75, 3.05) is 14.2 Å². The molecule has 0 aliphatic carbocycles. The first-order valence-corrected chi connectivity index (χ1v) is 10.7. The van der Waals surface area contributed by atoms with Gasteiger partial charge in [0.1, 0.15) is 17.6 Å². The van der Waals surface area contributed by atoms with Gasteiger partial charge in [0.25, 0.3) is 10.0 Å². The second-order valence-electron chi connectivity index (χ2n) is 6.72. The van der Waals surface area contributed by atoms with Gasteiger partial charge in [-0.25, -0.2) is 12.4 Å². The van der Waals surface area contributed by atoms with Gasteiger partial charge in [0.05, 0.1) is 30.3 Å². The van der Waals surface area contributed by atoms with Gasteiger partial charge < -0.3 is 14.6 Å². The summed E-state index contributed by atoms with van der Waals surface area (Å²) in [5.41, 5.74) is 1.13. The molecule has 0 fully saturated rings. The van der Waals surface area contributed by atoms with Crippen LogP contribution < -0.4 is 9.47 Å². The Hall–Kier alpha value is -3.29. The van der Waals surface area contributed by atoms with Crippen molar-refractivity contribution >= 4 is 20.9 Å². The van der Waals surface area contributed by atoms with Crippen molar-refractivity contribution in [3.63, 3.8) is 0 Å². The molecule has 3 aromatic carbocycles. The van der Waals surface area contributed by atoms with Crippen LogP contribution in [0, 0.1) is 0 Å². The number of para-hydroxylation sites is 1. The number of hydrogen-bond acceptors (Lipinski definition) is 5. The molecule has 1 atom stereocenters. The second-order valence-corrected chi connectivity index (χ2v) is 8.51. The highest BCUT2D eigenvalue weighted by Crippen LogP contribution is 2.36. The Morgan fingerprint density at radius 2 is 1.57 bits per heavy atom. The monoisotopic (exact) mass is 423 g/mol. The van der Waals surface area contributed by atoms with E-state index in [2.05, 4.69) is 0 Å². The number of methoxy groups -OCH3 is 2. The summed E-state index contributed by atoms with van der Waals surface area (Å²) in [6.07, 6.45) is -1.22. The summed E-state index contributed by atoms with van der Waals surface area (Å²) in [5.74, 6) is 1.06. The summed E-state index contributed by atoms with van der Waals surface area (Å²) < 4.78 is 39.0. The van der Waals surface area contributed by atoms with E-state index in [4.69, 9.17) is 9.47 Å². The minimum absolute atomic E-state index is 0.131. The molecule has 4 aromatic rings. The number of nitrogens with zero attached hydrogens (tertiary/aromatic N) is 1. The van der Waals surface area contributed by atoms with Crippen molar-refractivity contribution < 1.29 is 23.0 Å². The maximum absolute atomic E-state index is 13.6. The molecule has 0 saturated heterocycles. The van der Waals surface area contributed by atoms with Gasteiger partial charge in [0.2, 0.25) is 0 Å². The first-order chi connectivity index (χ1) is 14.5. The molecule has 0 aliphatic rings. The summed E-state index contributed by atoms with van der Waals surface area (Å²) in [6, 6.07) is 21.9. The fourth-order valence-corrected chi connectivity index (χ4v) is 5.09. The number of aromatic nitrogens is 1. The maximum atomic E-state index is 13.6. The fourth-order valence-electron chi connectivity index (χ4n) is 3.52. The van der Waals surface area contributed by atoms with Gasteiger partial charge in [0.15, 0.2) is 0 Å². The van der Waals surface area contributed by atoms with Crippen LogP contribution in [0.25, 0.3) is 10.9 Å². The smallest absolute Gasteiger partial charge is 0.268 e. The third-order valence-electron chi connectivity index (χ3n) is 4.99. The average molecular weight is 423 g/mol. The number of fused-ring (bicyclic) bond motifs is 1. The van der Waals surface area contributed by atoms with Gasteiger partial charge in [-0.15, -0.1) is 0 Å². The van der Waals surface area contributed by atoms with Crippen LogP contribution in [0.5, 0.6) is 11.5 Å². The summed E-state index contributed by atoms with van der Waals surface area (Å²) in [4.78, 5) is 0.131. The number of aliphatic hydroxyl groups is 1. The van der Waals surface area contributed by atoms with Crippen LogP contribution in [0.15, 0.2) is 83.8 Å². The summed E-state index contributed by atoms with van der Waals surface area (Å²) in [7, 11) is -0.918.